The summed E-state index contributed by atoms with van der Waals surface area (Å²) in [5, 5.41) is 4.89. The van der Waals surface area contributed by atoms with Crippen molar-refractivity contribution >= 4 is 33.7 Å². The van der Waals surface area contributed by atoms with Crippen molar-refractivity contribution in [1.29, 1.82) is 0 Å². The maximum Gasteiger partial charge on any atom is 0.410 e. The summed E-state index contributed by atoms with van der Waals surface area (Å²) in [4.78, 5) is 31.6. The van der Waals surface area contributed by atoms with Crippen LogP contribution in [0.5, 0.6) is 0 Å². The van der Waals surface area contributed by atoms with Gasteiger partial charge in [0.25, 0.3) is 0 Å². The zero-order valence-electron chi connectivity index (χ0n) is 33.6. The van der Waals surface area contributed by atoms with Gasteiger partial charge in [-0.05, 0) is 76.7 Å². The van der Waals surface area contributed by atoms with Gasteiger partial charge in [-0.25, -0.2) is 14.2 Å². The Balaban J connectivity index is 1.37. The van der Waals surface area contributed by atoms with E-state index in [1.165, 1.54) is 6.07 Å². The number of aromatic nitrogens is 5. The fourth-order valence-electron chi connectivity index (χ4n) is 7.18. The Morgan fingerprint density at radius 3 is 2.13 bits per heavy atom. The number of hydrogen-bond acceptors (Lipinski definition) is 9. The molecule has 0 spiro atoms. The van der Waals surface area contributed by atoms with Crippen LogP contribution in [0.25, 0.3) is 28.2 Å². The molecular weight excluding hydrogens is 718 g/mol. The fourth-order valence-corrected chi connectivity index (χ4v) is 8.69. The van der Waals surface area contributed by atoms with Crippen LogP contribution < -0.4 is 4.90 Å². The Morgan fingerprint density at radius 1 is 0.926 bits per heavy atom. The van der Waals surface area contributed by atoms with E-state index >= 15 is 0 Å². The highest BCUT2D eigenvalue weighted by Gasteiger charge is 2.45. The van der Waals surface area contributed by atoms with Gasteiger partial charge in [0.1, 0.15) is 30.6 Å². The summed E-state index contributed by atoms with van der Waals surface area (Å²) in [7, 11) is -2.60. The first-order chi connectivity index (χ1) is 25.5. The average Bonchev–Trinajstić information content (AvgIpc) is 3.63. The number of hydrogen-bond donors (Lipinski definition) is 0. The van der Waals surface area contributed by atoms with E-state index in [4.69, 9.17) is 24.3 Å². The molecule has 292 valence electrons. The summed E-state index contributed by atoms with van der Waals surface area (Å²) in [5.74, 6) is 0.544. The minimum atomic E-state index is -1.30. The molecule has 1 unspecified atom stereocenters. The summed E-state index contributed by atoms with van der Waals surface area (Å²) in [6, 6.07) is 11.1. The molecule has 0 N–H and O–H groups in total. The number of fused-ring (bicyclic) bond motifs is 3. The van der Waals surface area contributed by atoms with Gasteiger partial charge < -0.3 is 24.0 Å². The number of anilines is 1. The van der Waals surface area contributed by atoms with E-state index in [9.17, 15) is 9.18 Å². The molecule has 11 nitrogen and oxygen atoms in total. The molecule has 2 aliphatic heterocycles. The third-order valence-corrected chi connectivity index (χ3v) is 13.5. The van der Waals surface area contributed by atoms with Crippen LogP contribution in [-0.4, -0.2) is 96.1 Å². The Labute approximate surface area is 321 Å². The number of carbonyl (C=O) groups is 1. The molecule has 3 atom stereocenters. The number of ether oxygens (including phenoxy) is 3. The van der Waals surface area contributed by atoms with Crippen LogP contribution in [-0.2, 0) is 14.2 Å². The highest BCUT2D eigenvalue weighted by Crippen LogP contribution is 2.44. The maximum absolute atomic E-state index is 14.6. The van der Waals surface area contributed by atoms with Gasteiger partial charge in [0, 0.05) is 82.6 Å². The molecule has 0 aromatic carbocycles. The van der Waals surface area contributed by atoms with Crippen molar-refractivity contribution in [2.75, 3.05) is 31.6 Å². The highest BCUT2D eigenvalue weighted by atomic mass is 28.3. The first-order valence-corrected chi connectivity index (χ1v) is 26.7. The first-order valence-electron chi connectivity index (χ1n) is 19.3. The van der Waals surface area contributed by atoms with Gasteiger partial charge in [-0.2, -0.15) is 9.61 Å². The molecule has 4 aromatic rings. The number of piperidine rings is 1. The number of amides is 1. The summed E-state index contributed by atoms with van der Waals surface area (Å²) in [5.41, 5.74) is 3.37. The lowest BCUT2D eigenvalue weighted by Gasteiger charge is -2.39. The summed E-state index contributed by atoms with van der Waals surface area (Å²) in [6.07, 6.45) is 8.37. The standard InChI is InChI=1S/C40H58FN7O4Si2/c1-40(2,3)52-39(49)47-30-13-14-31(47)22-29(21-30)35-23-36(46(26-50-17-19-53(4,5)6)27-51-18-20-54(7,8)9)48-38(45-35)32(25-44-48)28-12-15-34(43-24-28)37-33(41)11-10-16-42-37/h10-12,15-16,23-25,29-31H,13-14,17-22,26-27H2,1-9H3/t29-,30-,31?/m0/s1. The van der Waals surface area contributed by atoms with Gasteiger partial charge in [-0.15, -0.1) is 0 Å². The van der Waals surface area contributed by atoms with Crippen LogP contribution in [0, 0.1) is 5.82 Å². The van der Waals surface area contributed by atoms with E-state index in [0.29, 0.717) is 38.0 Å². The number of pyridine rings is 2. The molecule has 6 heterocycles. The van der Waals surface area contributed by atoms with Crippen LogP contribution >= 0.6 is 0 Å². The van der Waals surface area contributed by atoms with Crippen molar-refractivity contribution < 1.29 is 23.4 Å². The van der Waals surface area contributed by atoms with Crippen molar-refractivity contribution in [3.63, 3.8) is 0 Å². The minimum absolute atomic E-state index is 0.0871. The smallest absolute Gasteiger partial charge is 0.410 e. The topological polar surface area (TPSA) is 107 Å². The SMILES string of the molecule is CC(C)(C)OC(=O)N1C2CC[C@H]1C[C@H](c1cc(N(COCC[Si](C)(C)C)COCC[Si](C)(C)C)n3ncc(-c4ccc(-c5ncccc5F)nc4)c3n1)C2. The lowest BCUT2D eigenvalue weighted by Crippen LogP contribution is -2.48. The predicted molar refractivity (Wildman–Crippen MR) is 217 cm³/mol. The Kier molecular flexibility index (Phi) is 12.0. The third-order valence-electron chi connectivity index (χ3n) is 10.1. The van der Waals surface area contributed by atoms with E-state index in [2.05, 4.69) is 60.2 Å². The molecule has 0 aliphatic carbocycles. The molecule has 14 heteroatoms. The van der Waals surface area contributed by atoms with Crippen LogP contribution in [0.2, 0.25) is 51.4 Å². The second-order valence-corrected chi connectivity index (χ2v) is 29.5. The van der Waals surface area contributed by atoms with E-state index in [1.54, 1.807) is 24.5 Å². The van der Waals surface area contributed by atoms with E-state index in [1.807, 2.05) is 42.4 Å². The first kappa shape index (κ1) is 40.0. The molecule has 0 radical (unpaired) electrons. The van der Waals surface area contributed by atoms with Crippen molar-refractivity contribution in [1.82, 2.24) is 29.5 Å². The molecule has 4 aromatic heterocycles. The van der Waals surface area contributed by atoms with Crippen LogP contribution in [0.1, 0.15) is 58.1 Å². The van der Waals surface area contributed by atoms with E-state index in [-0.39, 0.29) is 29.8 Å². The average molecular weight is 776 g/mol. The van der Waals surface area contributed by atoms with Crippen LogP contribution in [0.4, 0.5) is 15.0 Å². The second kappa shape index (κ2) is 16.2. The molecule has 2 bridgehead atoms. The normalized spacial score (nSPS) is 19.1. The Hall–Kier alpha value is -3.73. The number of carbonyl (C=O) groups excluding carboxylic acids is 1. The zero-order valence-corrected chi connectivity index (χ0v) is 35.6. The van der Waals surface area contributed by atoms with Gasteiger partial charge in [-0.1, -0.05) is 45.3 Å². The number of halogens is 1. The quantitative estimate of drug-likeness (QED) is 0.0705. The Bertz CT molecular complexity index is 1870. The van der Waals surface area contributed by atoms with Gasteiger partial charge in [-0.3, -0.25) is 9.97 Å². The number of rotatable bonds is 14. The molecular formula is C40H58FN7O4Si2. The molecule has 0 saturated carbocycles. The molecule has 6 rings (SSSR count). The van der Waals surface area contributed by atoms with E-state index < -0.39 is 27.6 Å². The molecule has 2 saturated heterocycles. The largest absolute Gasteiger partial charge is 0.444 e. The summed E-state index contributed by atoms with van der Waals surface area (Å²) < 4.78 is 35.0. The zero-order chi connectivity index (χ0) is 38.8. The maximum atomic E-state index is 14.6. The second-order valence-electron chi connectivity index (χ2n) is 18.3. The molecule has 2 fully saturated rings. The summed E-state index contributed by atoms with van der Waals surface area (Å²) in [6.45, 7) is 21.9. The van der Waals surface area contributed by atoms with Crippen molar-refractivity contribution in [3.8, 4) is 22.5 Å². The molecule has 1 amide bonds. The predicted octanol–water partition coefficient (Wildman–Crippen LogP) is 9.07. The van der Waals surface area contributed by atoms with Crippen molar-refractivity contribution in [3.05, 3.63) is 60.4 Å². The van der Waals surface area contributed by atoms with Gasteiger partial charge in [0.05, 0.1) is 11.9 Å². The van der Waals surface area contributed by atoms with E-state index in [0.717, 1.165) is 60.4 Å². The molecule has 54 heavy (non-hydrogen) atoms. The van der Waals surface area contributed by atoms with Crippen LogP contribution in [0.3, 0.4) is 0 Å². The lowest BCUT2D eigenvalue weighted by atomic mass is 9.88. The summed E-state index contributed by atoms with van der Waals surface area (Å²) >= 11 is 0. The van der Waals surface area contributed by atoms with Gasteiger partial charge in [0.2, 0.25) is 0 Å². The van der Waals surface area contributed by atoms with Crippen molar-refractivity contribution in [2.24, 2.45) is 0 Å². The fraction of sp³-hybridized carbons (Fsp3) is 0.575. The highest BCUT2D eigenvalue weighted by molar-refractivity contribution is 6.76. The molecule has 2 aliphatic rings. The lowest BCUT2D eigenvalue weighted by molar-refractivity contribution is 0.00568. The van der Waals surface area contributed by atoms with Gasteiger partial charge >= 0.3 is 6.09 Å². The number of nitrogens with zero attached hydrogens (tertiary/aromatic N) is 7. The third kappa shape index (κ3) is 9.92. The van der Waals surface area contributed by atoms with Crippen molar-refractivity contribution in [2.45, 2.75) is 121 Å². The van der Waals surface area contributed by atoms with Gasteiger partial charge in [0.15, 0.2) is 11.5 Å². The Morgan fingerprint density at radius 2 is 1.57 bits per heavy atom. The monoisotopic (exact) mass is 775 g/mol. The minimum Gasteiger partial charge on any atom is -0.444 e. The van der Waals surface area contributed by atoms with Crippen LogP contribution in [0.15, 0.2) is 48.9 Å².